The second kappa shape index (κ2) is 5.57. The molecule has 0 heterocycles. The first-order valence-corrected chi connectivity index (χ1v) is 4.02. The Kier molecular flexibility index (Phi) is 5.08. The van der Waals surface area contributed by atoms with Gasteiger partial charge >= 0.3 is 6.09 Å². The van der Waals surface area contributed by atoms with Crippen molar-refractivity contribution in [3.8, 4) is 0 Å². The zero-order valence-corrected chi connectivity index (χ0v) is 7.72. The van der Waals surface area contributed by atoms with E-state index in [1.165, 1.54) is 7.11 Å². The molecule has 0 fully saturated rings. The van der Waals surface area contributed by atoms with E-state index in [2.05, 4.69) is 10.1 Å². The maximum atomic E-state index is 11.1. The van der Waals surface area contributed by atoms with E-state index in [9.17, 15) is 9.59 Å². The number of carbonyl (C=O) groups is 2. The van der Waals surface area contributed by atoms with E-state index in [1.54, 1.807) is 6.92 Å². The maximum Gasteiger partial charge on any atom is 0.407 e. The van der Waals surface area contributed by atoms with Crippen LogP contribution in [0.2, 0.25) is 0 Å². The number of ether oxygens (including phenoxy) is 1. The Balaban J connectivity index is 3.99. The van der Waals surface area contributed by atoms with Crippen molar-refractivity contribution in [3.05, 3.63) is 0 Å². The van der Waals surface area contributed by atoms with Crippen molar-refractivity contribution in [2.45, 2.75) is 32.7 Å². The van der Waals surface area contributed by atoms with Gasteiger partial charge in [-0.2, -0.15) is 0 Å². The molecule has 0 unspecified atom stereocenters. The molecule has 0 aliphatic heterocycles. The van der Waals surface area contributed by atoms with Gasteiger partial charge in [-0.05, 0) is 6.42 Å². The second-order valence-electron chi connectivity index (χ2n) is 2.42. The van der Waals surface area contributed by atoms with Crippen LogP contribution in [-0.2, 0) is 9.53 Å². The van der Waals surface area contributed by atoms with Crippen LogP contribution in [0.4, 0.5) is 4.79 Å². The van der Waals surface area contributed by atoms with E-state index >= 15 is 0 Å². The average Bonchev–Trinajstić information content (AvgIpc) is 2.12. The molecular weight excluding hydrogens is 158 g/mol. The quantitative estimate of drug-likeness (QED) is 0.692. The highest BCUT2D eigenvalue weighted by molar-refractivity contribution is 5.86. The number of hydrogen-bond acceptors (Lipinski definition) is 3. The van der Waals surface area contributed by atoms with Crippen LogP contribution in [0.3, 0.4) is 0 Å². The third-order valence-electron chi connectivity index (χ3n) is 1.62. The van der Waals surface area contributed by atoms with Gasteiger partial charge in [0.25, 0.3) is 0 Å². The standard InChI is InChI=1S/C8H15NO3/c1-4-6(7(10)5-2)9-8(11)12-3/h6H,4-5H2,1-3H3,(H,9,11)/t6-/m1/s1. The van der Waals surface area contributed by atoms with Crippen LogP contribution >= 0.6 is 0 Å². The van der Waals surface area contributed by atoms with Gasteiger partial charge in [0.1, 0.15) is 0 Å². The molecule has 0 aromatic heterocycles. The molecule has 12 heavy (non-hydrogen) atoms. The summed E-state index contributed by atoms with van der Waals surface area (Å²) in [6.07, 6.45) is 0.480. The Hall–Kier alpha value is -1.06. The van der Waals surface area contributed by atoms with E-state index < -0.39 is 12.1 Å². The molecule has 0 bridgehead atoms. The van der Waals surface area contributed by atoms with Gasteiger partial charge in [-0.25, -0.2) is 4.79 Å². The molecule has 0 spiro atoms. The van der Waals surface area contributed by atoms with E-state index in [0.717, 1.165) is 0 Å². The Bertz CT molecular complexity index is 168. The third-order valence-corrected chi connectivity index (χ3v) is 1.62. The summed E-state index contributed by atoms with van der Waals surface area (Å²) in [4.78, 5) is 21.8. The number of hydrogen-bond donors (Lipinski definition) is 1. The van der Waals surface area contributed by atoms with Gasteiger partial charge in [0, 0.05) is 6.42 Å². The topological polar surface area (TPSA) is 55.4 Å². The molecule has 4 heteroatoms. The monoisotopic (exact) mass is 173 g/mol. The molecule has 1 amide bonds. The van der Waals surface area contributed by atoms with Gasteiger partial charge < -0.3 is 10.1 Å². The van der Waals surface area contributed by atoms with E-state index in [1.807, 2.05) is 6.92 Å². The number of rotatable bonds is 4. The fraction of sp³-hybridized carbons (Fsp3) is 0.750. The molecule has 0 aliphatic carbocycles. The SMILES string of the molecule is CCC(=O)[C@@H](CC)NC(=O)OC. The smallest absolute Gasteiger partial charge is 0.407 e. The fourth-order valence-electron chi connectivity index (χ4n) is 0.858. The zero-order chi connectivity index (χ0) is 9.56. The molecule has 0 saturated carbocycles. The van der Waals surface area contributed by atoms with Crippen molar-refractivity contribution in [1.82, 2.24) is 5.32 Å². The number of Topliss-reactive ketones (excluding diaryl/α,β-unsaturated/α-hetero) is 1. The third kappa shape index (κ3) is 3.37. The van der Waals surface area contributed by atoms with Crippen LogP contribution < -0.4 is 5.32 Å². The lowest BCUT2D eigenvalue weighted by Crippen LogP contribution is -2.39. The number of carbonyl (C=O) groups excluding carboxylic acids is 2. The van der Waals surface area contributed by atoms with E-state index in [4.69, 9.17) is 0 Å². The van der Waals surface area contributed by atoms with E-state index in [0.29, 0.717) is 12.8 Å². The predicted octanol–water partition coefficient (Wildman–Crippen LogP) is 1.10. The highest BCUT2D eigenvalue weighted by atomic mass is 16.5. The van der Waals surface area contributed by atoms with Gasteiger partial charge in [0.2, 0.25) is 0 Å². The number of amides is 1. The Morgan fingerprint density at radius 1 is 1.42 bits per heavy atom. The highest BCUT2D eigenvalue weighted by Crippen LogP contribution is 1.96. The lowest BCUT2D eigenvalue weighted by Gasteiger charge is -2.13. The summed E-state index contributed by atoms with van der Waals surface area (Å²) in [6.45, 7) is 3.61. The van der Waals surface area contributed by atoms with Crippen LogP contribution in [0.25, 0.3) is 0 Å². The maximum absolute atomic E-state index is 11.1. The van der Waals surface area contributed by atoms with Gasteiger partial charge in [-0.3, -0.25) is 4.79 Å². The molecule has 1 atom stereocenters. The number of nitrogens with one attached hydrogen (secondary N) is 1. The zero-order valence-electron chi connectivity index (χ0n) is 7.72. The Morgan fingerprint density at radius 3 is 2.33 bits per heavy atom. The molecule has 0 radical (unpaired) electrons. The molecule has 0 aromatic rings. The summed E-state index contributed by atoms with van der Waals surface area (Å²) in [7, 11) is 1.28. The normalized spacial score (nSPS) is 11.9. The number of ketones is 1. The first-order valence-electron chi connectivity index (χ1n) is 4.02. The molecular formula is C8H15NO3. The van der Waals surface area contributed by atoms with Gasteiger partial charge in [0.15, 0.2) is 5.78 Å². The summed E-state index contributed by atoms with van der Waals surface area (Å²) in [6, 6.07) is -0.401. The average molecular weight is 173 g/mol. The molecule has 70 valence electrons. The van der Waals surface area contributed by atoms with Crippen LogP contribution in [0.1, 0.15) is 26.7 Å². The van der Waals surface area contributed by atoms with Gasteiger partial charge in [-0.1, -0.05) is 13.8 Å². The number of methoxy groups -OCH3 is 1. The van der Waals surface area contributed by atoms with Crippen molar-refractivity contribution in [1.29, 1.82) is 0 Å². The summed E-state index contributed by atoms with van der Waals surface area (Å²) in [5.41, 5.74) is 0. The summed E-state index contributed by atoms with van der Waals surface area (Å²) < 4.78 is 4.37. The fourth-order valence-corrected chi connectivity index (χ4v) is 0.858. The molecule has 0 rings (SSSR count). The first-order chi connectivity index (χ1) is 5.65. The minimum atomic E-state index is -0.552. The minimum absolute atomic E-state index is 0.0305. The molecule has 0 saturated heterocycles. The molecule has 0 aromatic carbocycles. The van der Waals surface area contributed by atoms with Gasteiger partial charge in [0.05, 0.1) is 13.2 Å². The number of alkyl carbamates (subject to hydrolysis) is 1. The molecule has 4 nitrogen and oxygen atoms in total. The summed E-state index contributed by atoms with van der Waals surface area (Å²) >= 11 is 0. The Morgan fingerprint density at radius 2 is 2.00 bits per heavy atom. The molecule has 1 N–H and O–H groups in total. The van der Waals surface area contributed by atoms with Crippen LogP contribution in [0.15, 0.2) is 0 Å². The second-order valence-corrected chi connectivity index (χ2v) is 2.42. The van der Waals surface area contributed by atoms with Crippen LogP contribution in [-0.4, -0.2) is 25.0 Å². The van der Waals surface area contributed by atoms with Crippen molar-refractivity contribution in [3.63, 3.8) is 0 Å². The lowest BCUT2D eigenvalue weighted by atomic mass is 10.1. The van der Waals surface area contributed by atoms with Crippen molar-refractivity contribution < 1.29 is 14.3 Å². The summed E-state index contributed by atoms with van der Waals surface area (Å²) in [5, 5.41) is 2.46. The first kappa shape index (κ1) is 10.9. The molecule has 0 aliphatic rings. The Labute approximate surface area is 72.3 Å². The highest BCUT2D eigenvalue weighted by Gasteiger charge is 2.16. The van der Waals surface area contributed by atoms with Crippen molar-refractivity contribution >= 4 is 11.9 Å². The van der Waals surface area contributed by atoms with Crippen molar-refractivity contribution in [2.24, 2.45) is 0 Å². The van der Waals surface area contributed by atoms with Crippen molar-refractivity contribution in [2.75, 3.05) is 7.11 Å². The van der Waals surface area contributed by atoms with Crippen LogP contribution in [0, 0.1) is 0 Å². The van der Waals surface area contributed by atoms with E-state index in [-0.39, 0.29) is 5.78 Å². The largest absolute Gasteiger partial charge is 0.453 e. The van der Waals surface area contributed by atoms with Gasteiger partial charge in [-0.15, -0.1) is 0 Å². The predicted molar refractivity (Wildman–Crippen MR) is 44.9 cm³/mol. The van der Waals surface area contributed by atoms with Crippen LogP contribution in [0.5, 0.6) is 0 Å². The summed E-state index contributed by atoms with van der Waals surface area (Å²) in [5.74, 6) is 0.0305. The lowest BCUT2D eigenvalue weighted by molar-refractivity contribution is -0.120. The minimum Gasteiger partial charge on any atom is -0.453 e.